The van der Waals surface area contributed by atoms with Gasteiger partial charge in [-0.2, -0.15) is 0 Å². The van der Waals surface area contributed by atoms with Gasteiger partial charge in [-0.1, -0.05) is 133 Å². The summed E-state index contributed by atoms with van der Waals surface area (Å²) in [6.45, 7) is 0. The van der Waals surface area contributed by atoms with Crippen LogP contribution in [0.15, 0.2) is 182 Å². The first-order valence-corrected chi connectivity index (χ1v) is 17.2. The van der Waals surface area contributed by atoms with Crippen molar-refractivity contribution < 1.29 is 0 Å². The molecule has 4 nitrogen and oxygen atoms in total. The lowest BCUT2D eigenvalue weighted by Crippen LogP contribution is -2.01. The SMILES string of the molecule is c1ccc(-c2nc(-c3ccc(-n4c5ccccc5c5c6ccccc6ccc54)cc3)nc(-c3cc(-c4ccccc4)c4ccccc4c3)n2)cc1. The minimum absolute atomic E-state index is 0.632. The van der Waals surface area contributed by atoms with E-state index in [9.17, 15) is 0 Å². The molecule has 0 aliphatic heterocycles. The zero-order valence-electron chi connectivity index (χ0n) is 27.6. The topological polar surface area (TPSA) is 43.6 Å². The fraction of sp³-hybridized carbons (Fsp3) is 0. The van der Waals surface area contributed by atoms with Crippen LogP contribution in [0.3, 0.4) is 0 Å². The normalized spacial score (nSPS) is 11.5. The maximum Gasteiger partial charge on any atom is 0.164 e. The first-order chi connectivity index (χ1) is 25.3. The van der Waals surface area contributed by atoms with Gasteiger partial charge in [0, 0.05) is 33.2 Å². The molecule has 0 N–H and O–H groups in total. The fourth-order valence-corrected chi connectivity index (χ4v) is 7.42. The molecule has 0 saturated heterocycles. The first-order valence-electron chi connectivity index (χ1n) is 17.2. The Morgan fingerprint density at radius 3 is 1.61 bits per heavy atom. The molecule has 4 heteroatoms. The van der Waals surface area contributed by atoms with Crippen molar-refractivity contribution in [1.29, 1.82) is 0 Å². The van der Waals surface area contributed by atoms with Gasteiger partial charge in [0.25, 0.3) is 0 Å². The van der Waals surface area contributed by atoms with Gasteiger partial charge in [-0.05, 0) is 81.2 Å². The quantitative estimate of drug-likeness (QED) is 0.186. The third kappa shape index (κ3) is 4.96. The Bertz CT molecular complexity index is 2890. The summed E-state index contributed by atoms with van der Waals surface area (Å²) in [5.74, 6) is 1.91. The molecule has 0 radical (unpaired) electrons. The first kappa shape index (κ1) is 29.0. The highest BCUT2D eigenvalue weighted by atomic mass is 15.0. The van der Waals surface area contributed by atoms with Crippen molar-refractivity contribution in [2.75, 3.05) is 0 Å². The smallest absolute Gasteiger partial charge is 0.164 e. The van der Waals surface area contributed by atoms with Crippen LogP contribution in [0.2, 0.25) is 0 Å². The maximum atomic E-state index is 5.14. The summed E-state index contributed by atoms with van der Waals surface area (Å²) in [6, 6.07) is 63.9. The van der Waals surface area contributed by atoms with E-state index in [0.29, 0.717) is 17.5 Å². The molecule has 51 heavy (non-hydrogen) atoms. The second kappa shape index (κ2) is 11.9. The second-order valence-corrected chi connectivity index (χ2v) is 12.9. The lowest BCUT2D eigenvalue weighted by Gasteiger charge is -2.13. The van der Waals surface area contributed by atoms with E-state index in [2.05, 4.69) is 156 Å². The van der Waals surface area contributed by atoms with Crippen LogP contribution in [0.5, 0.6) is 0 Å². The van der Waals surface area contributed by atoms with E-state index in [1.54, 1.807) is 0 Å². The average molecular weight is 651 g/mol. The number of nitrogens with zero attached hydrogens (tertiary/aromatic N) is 4. The molecular formula is C47H30N4. The molecule has 2 aromatic heterocycles. The molecule has 0 aliphatic carbocycles. The Kier molecular flexibility index (Phi) is 6.78. The van der Waals surface area contributed by atoms with E-state index in [1.807, 2.05) is 30.3 Å². The van der Waals surface area contributed by atoms with E-state index < -0.39 is 0 Å². The summed E-state index contributed by atoms with van der Waals surface area (Å²) >= 11 is 0. The molecular weight excluding hydrogens is 621 g/mol. The molecule has 0 atom stereocenters. The number of hydrogen-bond acceptors (Lipinski definition) is 3. The van der Waals surface area contributed by atoms with Gasteiger partial charge in [-0.25, -0.2) is 15.0 Å². The van der Waals surface area contributed by atoms with Gasteiger partial charge in [-0.15, -0.1) is 0 Å². The minimum Gasteiger partial charge on any atom is -0.309 e. The molecule has 2 heterocycles. The summed E-state index contributed by atoms with van der Waals surface area (Å²) in [7, 11) is 0. The molecule has 0 spiro atoms. The number of aromatic nitrogens is 4. The molecule has 238 valence electrons. The molecule has 0 aliphatic rings. The predicted octanol–water partition coefficient (Wildman–Crippen LogP) is 11.9. The fourth-order valence-electron chi connectivity index (χ4n) is 7.42. The van der Waals surface area contributed by atoms with E-state index in [0.717, 1.165) is 38.9 Å². The van der Waals surface area contributed by atoms with Gasteiger partial charge in [0.05, 0.1) is 11.0 Å². The minimum atomic E-state index is 0.632. The van der Waals surface area contributed by atoms with Crippen molar-refractivity contribution in [1.82, 2.24) is 19.5 Å². The maximum absolute atomic E-state index is 5.14. The standard InChI is InChI=1S/C47H30N4/c1-3-13-31(14-4-1)41-30-36(29-35-18-8-9-19-38(35)41)47-49-45(33-16-5-2-6-17-33)48-46(50-47)34-23-26-37(27-24-34)51-42-22-12-11-21-40(42)44-39-20-10-7-15-32(39)25-28-43(44)51/h1-30H. The summed E-state index contributed by atoms with van der Waals surface area (Å²) in [4.78, 5) is 15.2. The van der Waals surface area contributed by atoms with Crippen LogP contribution in [0.25, 0.3) is 94.3 Å². The highest BCUT2D eigenvalue weighted by Crippen LogP contribution is 2.38. The number of fused-ring (bicyclic) bond motifs is 6. The summed E-state index contributed by atoms with van der Waals surface area (Å²) in [5.41, 5.74) is 8.56. The Balaban J connectivity index is 1.14. The van der Waals surface area contributed by atoms with E-state index in [1.165, 1.54) is 38.0 Å². The van der Waals surface area contributed by atoms with Gasteiger partial charge in [0.2, 0.25) is 0 Å². The van der Waals surface area contributed by atoms with Crippen LogP contribution >= 0.6 is 0 Å². The molecule has 0 saturated carbocycles. The van der Waals surface area contributed by atoms with E-state index in [4.69, 9.17) is 15.0 Å². The predicted molar refractivity (Wildman–Crippen MR) is 211 cm³/mol. The van der Waals surface area contributed by atoms with Crippen LogP contribution < -0.4 is 0 Å². The Hall–Kier alpha value is -6.91. The third-order valence-electron chi connectivity index (χ3n) is 9.82. The largest absolute Gasteiger partial charge is 0.309 e. The Labute approximate surface area is 295 Å². The third-order valence-corrected chi connectivity index (χ3v) is 9.82. The van der Waals surface area contributed by atoms with Crippen molar-refractivity contribution in [3.63, 3.8) is 0 Å². The van der Waals surface area contributed by atoms with Crippen LogP contribution in [0.1, 0.15) is 0 Å². The van der Waals surface area contributed by atoms with E-state index >= 15 is 0 Å². The lowest BCUT2D eigenvalue weighted by molar-refractivity contribution is 1.07. The van der Waals surface area contributed by atoms with Gasteiger partial charge >= 0.3 is 0 Å². The highest BCUT2D eigenvalue weighted by Gasteiger charge is 2.17. The van der Waals surface area contributed by atoms with Crippen molar-refractivity contribution >= 4 is 43.4 Å². The van der Waals surface area contributed by atoms with Crippen molar-refractivity contribution in [2.24, 2.45) is 0 Å². The molecule has 10 rings (SSSR count). The highest BCUT2D eigenvalue weighted by molar-refractivity contribution is 6.21. The number of para-hydroxylation sites is 1. The Morgan fingerprint density at radius 1 is 0.333 bits per heavy atom. The lowest BCUT2D eigenvalue weighted by atomic mass is 9.95. The van der Waals surface area contributed by atoms with Gasteiger partial charge in [-0.3, -0.25) is 0 Å². The molecule has 0 bridgehead atoms. The molecule has 0 fully saturated rings. The van der Waals surface area contributed by atoms with Gasteiger partial charge in [0.15, 0.2) is 17.5 Å². The van der Waals surface area contributed by atoms with Gasteiger partial charge < -0.3 is 4.57 Å². The summed E-state index contributed by atoms with van der Waals surface area (Å²) in [6.07, 6.45) is 0. The molecule has 0 unspecified atom stereocenters. The number of benzene rings is 8. The number of rotatable bonds is 5. The number of hydrogen-bond donors (Lipinski definition) is 0. The van der Waals surface area contributed by atoms with Crippen molar-refractivity contribution in [3.8, 4) is 51.0 Å². The average Bonchev–Trinajstić information content (AvgIpc) is 3.56. The van der Waals surface area contributed by atoms with Crippen molar-refractivity contribution in [3.05, 3.63) is 182 Å². The summed E-state index contributed by atoms with van der Waals surface area (Å²) in [5, 5.41) is 7.35. The Morgan fingerprint density at radius 2 is 0.882 bits per heavy atom. The van der Waals surface area contributed by atoms with Crippen LogP contribution in [0, 0.1) is 0 Å². The van der Waals surface area contributed by atoms with Crippen LogP contribution in [0.4, 0.5) is 0 Å². The van der Waals surface area contributed by atoms with Crippen LogP contribution in [-0.2, 0) is 0 Å². The zero-order chi connectivity index (χ0) is 33.7. The van der Waals surface area contributed by atoms with Crippen LogP contribution in [-0.4, -0.2) is 19.5 Å². The summed E-state index contributed by atoms with van der Waals surface area (Å²) < 4.78 is 2.36. The van der Waals surface area contributed by atoms with Gasteiger partial charge in [0.1, 0.15) is 0 Å². The van der Waals surface area contributed by atoms with Crippen molar-refractivity contribution in [2.45, 2.75) is 0 Å². The zero-order valence-corrected chi connectivity index (χ0v) is 27.6. The monoisotopic (exact) mass is 650 g/mol. The molecule has 10 aromatic rings. The molecule has 8 aromatic carbocycles. The second-order valence-electron chi connectivity index (χ2n) is 12.9. The molecule has 0 amide bonds. The van der Waals surface area contributed by atoms with E-state index in [-0.39, 0.29) is 0 Å².